The van der Waals surface area contributed by atoms with Crippen molar-refractivity contribution in [1.82, 2.24) is 0 Å². The average Bonchev–Trinajstić information content (AvgIpc) is 1.80. The molecule has 0 unspecified atom stereocenters. The normalized spacial score (nSPS) is 11.9. The van der Waals surface area contributed by atoms with E-state index in [4.69, 9.17) is 15.6 Å². The summed E-state index contributed by atoms with van der Waals surface area (Å²) in [6, 6.07) is 3.41. The second-order valence-corrected chi connectivity index (χ2v) is 2.36. The lowest BCUT2D eigenvalue weighted by molar-refractivity contribution is 0.125. The van der Waals surface area contributed by atoms with Gasteiger partial charge in [0, 0.05) is 6.08 Å². The molecule has 0 aliphatic carbocycles. The topological polar surface area (TPSA) is 67.8 Å². The number of aliphatic hydroxyl groups is 1. The average molecular weight is 136 g/mol. The van der Waals surface area contributed by atoms with Gasteiger partial charge in [0.05, 0.1) is 23.3 Å². The predicted molar refractivity (Wildman–Crippen MR) is 35.6 cm³/mol. The largest absolute Gasteiger partial charge is 0.385 e. The van der Waals surface area contributed by atoms with E-state index in [2.05, 4.69) is 0 Å². The molecule has 3 nitrogen and oxygen atoms in total. The summed E-state index contributed by atoms with van der Waals surface area (Å²) >= 11 is 0. The van der Waals surface area contributed by atoms with Gasteiger partial charge < -0.3 is 5.11 Å². The molecule has 0 aromatic carbocycles. The Morgan fingerprint density at radius 3 is 2.10 bits per heavy atom. The molecule has 0 rings (SSSR count). The lowest BCUT2D eigenvalue weighted by Gasteiger charge is -2.13. The first kappa shape index (κ1) is 8.68. The molecule has 1 N–H and O–H groups in total. The number of hydrogen-bond donors (Lipinski definition) is 1. The van der Waals surface area contributed by atoms with Crippen LogP contribution in [0, 0.1) is 22.7 Å². The fourth-order valence-corrected chi connectivity index (χ4v) is 0.410. The predicted octanol–water partition coefficient (Wildman–Crippen LogP) is 0.731. The number of hydrogen-bond acceptors (Lipinski definition) is 3. The van der Waals surface area contributed by atoms with Gasteiger partial charge in [0.1, 0.15) is 0 Å². The number of rotatable bonds is 1. The second kappa shape index (κ2) is 3.00. The van der Waals surface area contributed by atoms with E-state index in [-0.39, 0.29) is 5.57 Å². The fraction of sp³-hybridized carbons (Fsp3) is 0.429. The van der Waals surface area contributed by atoms with E-state index in [0.717, 1.165) is 6.08 Å². The Morgan fingerprint density at radius 2 is 2.00 bits per heavy atom. The van der Waals surface area contributed by atoms with Crippen LogP contribution in [0.5, 0.6) is 0 Å². The molecule has 0 saturated carbocycles. The zero-order chi connectivity index (χ0) is 8.20. The molecule has 10 heavy (non-hydrogen) atoms. The zero-order valence-corrected chi connectivity index (χ0v) is 5.92. The molecule has 0 atom stereocenters. The van der Waals surface area contributed by atoms with E-state index in [1.165, 1.54) is 13.8 Å². The van der Waals surface area contributed by atoms with Crippen LogP contribution in [0.2, 0.25) is 0 Å². The van der Waals surface area contributed by atoms with Crippen LogP contribution in [0.3, 0.4) is 0 Å². The molecule has 3 heteroatoms. The van der Waals surface area contributed by atoms with Crippen LogP contribution in [0.25, 0.3) is 0 Å². The Hall–Kier alpha value is -1.32. The van der Waals surface area contributed by atoms with Crippen LogP contribution in [-0.4, -0.2) is 10.7 Å². The molecule has 0 amide bonds. The van der Waals surface area contributed by atoms with Crippen molar-refractivity contribution >= 4 is 0 Å². The highest BCUT2D eigenvalue weighted by molar-refractivity contribution is 5.33. The maximum Gasteiger partial charge on any atom is 0.0985 e. The minimum Gasteiger partial charge on any atom is -0.385 e. The highest BCUT2D eigenvalue weighted by Gasteiger charge is 2.18. The highest BCUT2D eigenvalue weighted by atomic mass is 16.3. The zero-order valence-electron chi connectivity index (χ0n) is 5.92. The van der Waals surface area contributed by atoms with E-state index in [1.807, 2.05) is 0 Å². The Bertz CT molecular complexity index is 221. The highest BCUT2D eigenvalue weighted by Crippen LogP contribution is 2.12. The van der Waals surface area contributed by atoms with Gasteiger partial charge in [-0.15, -0.1) is 0 Å². The maximum absolute atomic E-state index is 9.17. The van der Waals surface area contributed by atoms with Gasteiger partial charge in [-0.25, -0.2) is 0 Å². The van der Waals surface area contributed by atoms with Crippen LogP contribution < -0.4 is 0 Å². The SMILES string of the molecule is CC(C)(O)/C(C#N)=C/C#N. The lowest BCUT2D eigenvalue weighted by Crippen LogP contribution is -2.20. The van der Waals surface area contributed by atoms with Crippen molar-refractivity contribution in [1.29, 1.82) is 10.5 Å². The number of nitrogens with zero attached hydrogens (tertiary/aromatic N) is 2. The van der Waals surface area contributed by atoms with Crippen LogP contribution >= 0.6 is 0 Å². The van der Waals surface area contributed by atoms with Crippen LogP contribution in [0.1, 0.15) is 13.8 Å². The Balaban J connectivity index is 4.62. The monoisotopic (exact) mass is 136 g/mol. The molecule has 0 fully saturated rings. The van der Waals surface area contributed by atoms with Gasteiger partial charge in [-0.05, 0) is 13.8 Å². The number of nitriles is 2. The van der Waals surface area contributed by atoms with E-state index in [9.17, 15) is 0 Å². The lowest BCUT2D eigenvalue weighted by atomic mass is 10.00. The summed E-state index contributed by atoms with van der Waals surface area (Å²) < 4.78 is 0. The van der Waals surface area contributed by atoms with Gasteiger partial charge in [-0.2, -0.15) is 10.5 Å². The van der Waals surface area contributed by atoms with Gasteiger partial charge in [-0.1, -0.05) is 0 Å². The molecule has 0 saturated heterocycles. The van der Waals surface area contributed by atoms with Crippen molar-refractivity contribution < 1.29 is 5.11 Å². The molecule has 0 aromatic heterocycles. The molecule has 0 aliphatic rings. The second-order valence-electron chi connectivity index (χ2n) is 2.36. The molecule has 0 bridgehead atoms. The standard InChI is InChI=1S/C7H8N2O/c1-7(2,10)6(5-9)3-4-8/h3,10H,1-2H3/b6-3+. The summed E-state index contributed by atoms with van der Waals surface area (Å²) in [6.45, 7) is 2.92. The summed E-state index contributed by atoms with van der Waals surface area (Å²) in [6.07, 6.45) is 1.04. The molecule has 0 spiro atoms. The minimum absolute atomic E-state index is 0.0787. The summed E-state index contributed by atoms with van der Waals surface area (Å²) in [7, 11) is 0. The molecular weight excluding hydrogens is 128 g/mol. The van der Waals surface area contributed by atoms with Gasteiger partial charge in [0.25, 0.3) is 0 Å². The van der Waals surface area contributed by atoms with Gasteiger partial charge in [0.2, 0.25) is 0 Å². The van der Waals surface area contributed by atoms with Crippen LogP contribution in [0.4, 0.5) is 0 Å². The van der Waals surface area contributed by atoms with Crippen molar-refractivity contribution in [2.75, 3.05) is 0 Å². The van der Waals surface area contributed by atoms with Crippen molar-refractivity contribution in [2.24, 2.45) is 0 Å². The van der Waals surface area contributed by atoms with Gasteiger partial charge in [0.15, 0.2) is 0 Å². The van der Waals surface area contributed by atoms with Crippen LogP contribution in [0.15, 0.2) is 11.6 Å². The van der Waals surface area contributed by atoms with Crippen molar-refractivity contribution in [3.05, 3.63) is 11.6 Å². The third kappa shape index (κ3) is 2.30. The summed E-state index contributed by atoms with van der Waals surface area (Å²) in [5.41, 5.74) is -1.13. The van der Waals surface area contributed by atoms with Gasteiger partial charge >= 0.3 is 0 Å². The molecule has 0 aromatic rings. The van der Waals surface area contributed by atoms with Gasteiger partial charge in [-0.3, -0.25) is 0 Å². The minimum atomic E-state index is -1.20. The summed E-state index contributed by atoms with van der Waals surface area (Å²) in [4.78, 5) is 0. The van der Waals surface area contributed by atoms with E-state index in [1.54, 1.807) is 12.1 Å². The first-order chi connectivity index (χ1) is 4.52. The fourth-order valence-electron chi connectivity index (χ4n) is 0.410. The Kier molecular flexibility index (Phi) is 2.61. The first-order valence-corrected chi connectivity index (χ1v) is 2.75. The quantitative estimate of drug-likeness (QED) is 0.540. The third-order valence-corrected chi connectivity index (χ3v) is 0.988. The number of allylic oxidation sites excluding steroid dienone is 1. The Labute approximate surface area is 59.8 Å². The Morgan fingerprint density at radius 1 is 1.50 bits per heavy atom. The van der Waals surface area contributed by atoms with Crippen molar-refractivity contribution in [3.8, 4) is 12.1 Å². The summed E-state index contributed by atoms with van der Waals surface area (Å²) in [5.74, 6) is 0. The molecule has 52 valence electrons. The maximum atomic E-state index is 9.17. The smallest absolute Gasteiger partial charge is 0.0985 e. The van der Waals surface area contributed by atoms with Crippen LogP contribution in [-0.2, 0) is 0 Å². The van der Waals surface area contributed by atoms with E-state index >= 15 is 0 Å². The molecular formula is C7H8N2O. The molecule has 0 heterocycles. The molecule has 0 radical (unpaired) electrons. The first-order valence-electron chi connectivity index (χ1n) is 2.75. The third-order valence-electron chi connectivity index (χ3n) is 0.988. The van der Waals surface area contributed by atoms with E-state index < -0.39 is 5.60 Å². The van der Waals surface area contributed by atoms with E-state index in [0.29, 0.717) is 0 Å². The van der Waals surface area contributed by atoms with Crippen molar-refractivity contribution in [3.63, 3.8) is 0 Å². The van der Waals surface area contributed by atoms with Crippen molar-refractivity contribution in [2.45, 2.75) is 19.4 Å². The molecule has 0 aliphatic heterocycles. The summed E-state index contributed by atoms with van der Waals surface area (Å²) in [5, 5.41) is 25.7.